The van der Waals surface area contributed by atoms with Crippen LogP contribution in [0.25, 0.3) is 0 Å². The first kappa shape index (κ1) is 15.7. The highest BCUT2D eigenvalue weighted by molar-refractivity contribution is 5.81. The molecule has 1 N–H and O–H groups in total. The number of esters is 1. The molecule has 0 radical (unpaired) electrons. The number of rotatable bonds is 4. The smallest absolute Gasteiger partial charge is 0.326 e. The average Bonchev–Trinajstić information content (AvgIpc) is 2.92. The zero-order valence-corrected chi connectivity index (χ0v) is 13.3. The molecule has 2 unspecified atom stereocenters. The van der Waals surface area contributed by atoms with Crippen molar-refractivity contribution < 1.29 is 9.53 Å². The Balaban J connectivity index is 1.92. The van der Waals surface area contributed by atoms with Crippen LogP contribution in [0, 0.1) is 0 Å². The van der Waals surface area contributed by atoms with Crippen molar-refractivity contribution in [1.29, 1.82) is 0 Å². The molecule has 20 heavy (non-hydrogen) atoms. The second kappa shape index (κ2) is 6.41. The van der Waals surface area contributed by atoms with Gasteiger partial charge < -0.3 is 19.9 Å². The molecule has 0 spiro atoms. The standard InChI is InChI=1S/C15H29N3O2/c1-16-15(14(19)20-4)8-5-13(11-15)18-9-6-12(7-10-18)17(2)3/h12-13,16H,5-11H2,1-4H3. The van der Waals surface area contributed by atoms with Gasteiger partial charge in [0.05, 0.1) is 7.11 Å². The fourth-order valence-electron chi connectivity index (χ4n) is 3.81. The Morgan fingerprint density at radius 3 is 2.45 bits per heavy atom. The van der Waals surface area contributed by atoms with E-state index in [0.717, 1.165) is 32.4 Å². The van der Waals surface area contributed by atoms with Crippen LogP contribution < -0.4 is 5.32 Å². The highest BCUT2D eigenvalue weighted by Crippen LogP contribution is 2.35. The molecule has 5 nitrogen and oxygen atoms in total. The van der Waals surface area contributed by atoms with Gasteiger partial charge in [-0.2, -0.15) is 0 Å². The average molecular weight is 283 g/mol. The van der Waals surface area contributed by atoms with E-state index in [4.69, 9.17) is 4.74 Å². The summed E-state index contributed by atoms with van der Waals surface area (Å²) >= 11 is 0. The molecule has 1 aliphatic heterocycles. The predicted molar refractivity (Wildman–Crippen MR) is 79.7 cm³/mol. The minimum absolute atomic E-state index is 0.106. The number of likely N-dealkylation sites (tertiary alicyclic amines) is 1. The molecule has 5 heteroatoms. The van der Waals surface area contributed by atoms with Crippen LogP contribution in [0.3, 0.4) is 0 Å². The van der Waals surface area contributed by atoms with Crippen LogP contribution in [0.1, 0.15) is 32.1 Å². The minimum atomic E-state index is -0.461. The minimum Gasteiger partial charge on any atom is -0.468 e. The fourth-order valence-corrected chi connectivity index (χ4v) is 3.81. The molecule has 2 aliphatic rings. The van der Waals surface area contributed by atoms with Gasteiger partial charge in [-0.1, -0.05) is 0 Å². The van der Waals surface area contributed by atoms with Gasteiger partial charge in [-0.3, -0.25) is 4.79 Å². The Hall–Kier alpha value is -0.650. The lowest BCUT2D eigenvalue weighted by Crippen LogP contribution is -2.51. The van der Waals surface area contributed by atoms with E-state index >= 15 is 0 Å². The predicted octanol–water partition coefficient (Wildman–Crippen LogP) is 0.696. The quantitative estimate of drug-likeness (QED) is 0.769. The molecule has 0 aromatic carbocycles. The lowest BCUT2D eigenvalue weighted by Gasteiger charge is -2.38. The number of piperidine rings is 1. The van der Waals surface area contributed by atoms with E-state index in [1.165, 1.54) is 20.0 Å². The Kier molecular flexibility index (Phi) is 5.04. The van der Waals surface area contributed by atoms with Gasteiger partial charge in [0, 0.05) is 12.1 Å². The molecule has 1 aliphatic carbocycles. The summed E-state index contributed by atoms with van der Waals surface area (Å²) in [5, 5.41) is 3.21. The van der Waals surface area contributed by atoms with E-state index in [1.807, 2.05) is 7.05 Å². The van der Waals surface area contributed by atoms with Crippen molar-refractivity contribution in [2.45, 2.75) is 49.7 Å². The van der Waals surface area contributed by atoms with Crippen molar-refractivity contribution in [2.24, 2.45) is 0 Å². The van der Waals surface area contributed by atoms with Crippen molar-refractivity contribution in [1.82, 2.24) is 15.1 Å². The summed E-state index contributed by atoms with van der Waals surface area (Å²) in [4.78, 5) is 16.9. The van der Waals surface area contributed by atoms with Gasteiger partial charge >= 0.3 is 5.97 Å². The van der Waals surface area contributed by atoms with Gasteiger partial charge in [-0.15, -0.1) is 0 Å². The zero-order chi connectivity index (χ0) is 14.8. The number of nitrogens with zero attached hydrogens (tertiary/aromatic N) is 2. The monoisotopic (exact) mass is 283 g/mol. The van der Waals surface area contributed by atoms with E-state index in [-0.39, 0.29) is 5.97 Å². The number of methoxy groups -OCH3 is 1. The number of hydrogen-bond donors (Lipinski definition) is 1. The maximum atomic E-state index is 12.0. The lowest BCUT2D eigenvalue weighted by atomic mass is 9.96. The SMILES string of the molecule is CNC1(C(=O)OC)CCC(N2CCC(N(C)C)CC2)C1. The summed E-state index contributed by atoms with van der Waals surface area (Å²) in [5.41, 5.74) is -0.461. The van der Waals surface area contributed by atoms with Gasteiger partial charge in [-0.05, 0) is 66.3 Å². The summed E-state index contributed by atoms with van der Waals surface area (Å²) in [5.74, 6) is -0.106. The highest BCUT2D eigenvalue weighted by Gasteiger charge is 2.47. The lowest BCUT2D eigenvalue weighted by molar-refractivity contribution is -0.148. The van der Waals surface area contributed by atoms with Crippen molar-refractivity contribution in [3.63, 3.8) is 0 Å². The number of carbonyl (C=O) groups excluding carboxylic acids is 1. The number of ether oxygens (including phenoxy) is 1. The van der Waals surface area contributed by atoms with Crippen LogP contribution in [0.2, 0.25) is 0 Å². The second-order valence-electron chi connectivity index (χ2n) is 6.45. The molecule has 2 fully saturated rings. The maximum Gasteiger partial charge on any atom is 0.326 e. The summed E-state index contributed by atoms with van der Waals surface area (Å²) in [7, 11) is 7.69. The van der Waals surface area contributed by atoms with Crippen LogP contribution >= 0.6 is 0 Å². The van der Waals surface area contributed by atoms with Crippen LogP contribution in [0.5, 0.6) is 0 Å². The molecule has 2 atom stereocenters. The zero-order valence-electron chi connectivity index (χ0n) is 13.3. The third-order valence-electron chi connectivity index (χ3n) is 5.29. The van der Waals surface area contributed by atoms with Crippen LogP contribution in [0.4, 0.5) is 0 Å². The van der Waals surface area contributed by atoms with Gasteiger partial charge in [0.15, 0.2) is 0 Å². The van der Waals surface area contributed by atoms with Crippen molar-refractivity contribution in [2.75, 3.05) is 41.3 Å². The first-order valence-corrected chi connectivity index (χ1v) is 7.70. The Morgan fingerprint density at radius 2 is 1.95 bits per heavy atom. The van der Waals surface area contributed by atoms with Crippen molar-refractivity contribution >= 4 is 5.97 Å². The Bertz CT molecular complexity index is 340. The molecule has 1 saturated carbocycles. The maximum absolute atomic E-state index is 12.0. The van der Waals surface area contributed by atoms with Crippen molar-refractivity contribution in [3.05, 3.63) is 0 Å². The summed E-state index contributed by atoms with van der Waals surface area (Å²) < 4.78 is 4.99. The topological polar surface area (TPSA) is 44.8 Å². The second-order valence-corrected chi connectivity index (χ2v) is 6.45. The third kappa shape index (κ3) is 3.00. The van der Waals surface area contributed by atoms with E-state index in [9.17, 15) is 4.79 Å². The molecule has 0 aromatic heterocycles. The van der Waals surface area contributed by atoms with Crippen LogP contribution in [0.15, 0.2) is 0 Å². The van der Waals surface area contributed by atoms with Crippen LogP contribution in [-0.2, 0) is 9.53 Å². The van der Waals surface area contributed by atoms with Gasteiger partial charge in [0.25, 0.3) is 0 Å². The molecule has 1 saturated heterocycles. The first-order chi connectivity index (χ1) is 9.52. The molecular formula is C15H29N3O2. The van der Waals surface area contributed by atoms with Gasteiger partial charge in [0.1, 0.15) is 5.54 Å². The normalized spacial score (nSPS) is 32.8. The third-order valence-corrected chi connectivity index (χ3v) is 5.29. The van der Waals surface area contributed by atoms with E-state index < -0.39 is 5.54 Å². The van der Waals surface area contributed by atoms with E-state index in [2.05, 4.69) is 29.2 Å². The molecular weight excluding hydrogens is 254 g/mol. The molecule has 2 rings (SSSR count). The van der Waals surface area contributed by atoms with Crippen LogP contribution in [-0.4, -0.2) is 74.7 Å². The number of nitrogens with one attached hydrogen (secondary N) is 1. The van der Waals surface area contributed by atoms with E-state index in [0.29, 0.717) is 12.1 Å². The largest absolute Gasteiger partial charge is 0.468 e. The fraction of sp³-hybridized carbons (Fsp3) is 0.933. The summed E-state index contributed by atoms with van der Waals surface area (Å²) in [6, 6.07) is 1.23. The number of likely N-dealkylation sites (N-methyl/N-ethyl adjacent to an activating group) is 1. The molecule has 116 valence electrons. The highest BCUT2D eigenvalue weighted by atomic mass is 16.5. The first-order valence-electron chi connectivity index (χ1n) is 7.70. The van der Waals surface area contributed by atoms with Gasteiger partial charge in [0.2, 0.25) is 0 Å². The number of hydrogen-bond acceptors (Lipinski definition) is 5. The molecule has 1 heterocycles. The van der Waals surface area contributed by atoms with Crippen molar-refractivity contribution in [3.8, 4) is 0 Å². The summed E-state index contributed by atoms with van der Waals surface area (Å²) in [6.07, 6.45) is 5.31. The summed E-state index contributed by atoms with van der Waals surface area (Å²) in [6.45, 7) is 2.29. The van der Waals surface area contributed by atoms with Gasteiger partial charge in [-0.25, -0.2) is 0 Å². The molecule has 0 bridgehead atoms. The Labute approximate surface area is 122 Å². The molecule has 0 aromatic rings. The number of carbonyl (C=O) groups is 1. The molecule has 0 amide bonds. The Morgan fingerprint density at radius 1 is 1.30 bits per heavy atom. The van der Waals surface area contributed by atoms with E-state index in [1.54, 1.807) is 0 Å².